The third-order valence-electron chi connectivity index (χ3n) is 11.5. The molecule has 2 saturated heterocycles. The molecule has 4 heterocycles. The number of methoxy groups -OCH3 is 2. The largest absolute Gasteiger partial charge is 0.543 e. The first kappa shape index (κ1) is 53.0. The summed E-state index contributed by atoms with van der Waals surface area (Å²) in [6.45, 7) is 7.20. The van der Waals surface area contributed by atoms with Gasteiger partial charge in [-0.25, -0.2) is 28.5 Å². The summed E-state index contributed by atoms with van der Waals surface area (Å²) in [6, 6.07) is 16.7. The number of ether oxygens (including phenoxy) is 2. The number of nitrogens with zero attached hydrogens (tertiary/aromatic N) is 2. The molecule has 0 aliphatic carbocycles. The van der Waals surface area contributed by atoms with Crippen LogP contribution in [0.4, 0.5) is 8.78 Å². The normalized spacial score (nSPS) is 20.0. The number of hydroxylamine groups is 4. The molecule has 0 unspecified atom stereocenters. The molecule has 0 spiro atoms. The molecular weight excluding hydrogens is 903 g/mol. The Balaban J connectivity index is 0.000000257. The molecule has 0 atom stereocenters. The second kappa shape index (κ2) is 25.9. The molecule has 6 rings (SSSR count). The van der Waals surface area contributed by atoms with Crippen LogP contribution in [0.5, 0.6) is 0 Å². The lowest BCUT2D eigenvalue weighted by Crippen LogP contribution is -3.14. The Labute approximate surface area is 390 Å². The number of nitrogens with one attached hydrogen (secondary N) is 2. The number of benzene rings is 2. The molecule has 20 heteroatoms. The SMILES string of the molecule is COC(=O)C1(N(OCc2ccccc2F)C(C)=O)CC[NH+](CCc2ccsc2)CC1.COC(=O)C1(N(OCc2ccccc2F)C(C)=O)CC[NH+](CCc2ccsc2)CC1.O=C([O-])C(=O)[O-]. The second-order valence-electron chi connectivity index (χ2n) is 15.7. The van der Waals surface area contributed by atoms with E-state index in [0.717, 1.165) is 36.1 Å². The fraction of sp³-hybridized carbons (Fsp3) is 0.435. The van der Waals surface area contributed by atoms with E-state index in [1.807, 2.05) is 0 Å². The lowest BCUT2D eigenvalue weighted by molar-refractivity contribution is -0.906. The number of likely N-dealkylation sites (tertiary alicyclic amines) is 2. The van der Waals surface area contributed by atoms with Crippen molar-refractivity contribution in [3.63, 3.8) is 0 Å². The van der Waals surface area contributed by atoms with Crippen LogP contribution in [0.3, 0.4) is 0 Å². The summed E-state index contributed by atoms with van der Waals surface area (Å²) in [4.78, 5) is 82.5. The Morgan fingerprint density at radius 1 is 0.606 bits per heavy atom. The maximum Gasteiger partial charge on any atom is 0.334 e. The van der Waals surface area contributed by atoms with Crippen molar-refractivity contribution in [2.24, 2.45) is 0 Å². The molecule has 2 fully saturated rings. The molecule has 2 aliphatic rings. The summed E-state index contributed by atoms with van der Waals surface area (Å²) >= 11 is 3.37. The highest BCUT2D eigenvalue weighted by molar-refractivity contribution is 7.08. The fourth-order valence-corrected chi connectivity index (χ4v) is 9.34. The number of esters is 2. The van der Waals surface area contributed by atoms with Crippen LogP contribution in [-0.2, 0) is 74.0 Å². The highest BCUT2D eigenvalue weighted by atomic mass is 32.1. The molecule has 2 aromatic carbocycles. The van der Waals surface area contributed by atoms with E-state index in [1.165, 1.54) is 61.1 Å². The lowest BCUT2D eigenvalue weighted by atomic mass is 9.86. The van der Waals surface area contributed by atoms with E-state index in [0.29, 0.717) is 63.0 Å². The van der Waals surface area contributed by atoms with Gasteiger partial charge in [-0.05, 0) is 56.9 Å². The van der Waals surface area contributed by atoms with E-state index in [1.54, 1.807) is 59.1 Å². The first-order valence-corrected chi connectivity index (χ1v) is 23.1. The number of carbonyl (C=O) groups is 6. The van der Waals surface area contributed by atoms with Crippen molar-refractivity contribution < 1.29 is 76.7 Å². The minimum absolute atomic E-state index is 0.139. The van der Waals surface area contributed by atoms with Crippen molar-refractivity contribution in [1.29, 1.82) is 0 Å². The highest BCUT2D eigenvalue weighted by Crippen LogP contribution is 2.30. The monoisotopic (exact) mass is 958 g/mol. The number of thiophene rings is 2. The zero-order valence-electron chi connectivity index (χ0n) is 37.3. The van der Waals surface area contributed by atoms with E-state index in [4.69, 9.17) is 39.0 Å². The Bertz CT molecular complexity index is 2040. The van der Waals surface area contributed by atoms with Crippen LogP contribution in [0.1, 0.15) is 61.8 Å². The van der Waals surface area contributed by atoms with Crippen LogP contribution in [0.25, 0.3) is 0 Å². The molecule has 358 valence electrons. The van der Waals surface area contributed by atoms with Gasteiger partial charge in [0.1, 0.15) is 24.8 Å². The molecule has 0 radical (unpaired) electrons. The number of hydrogen-bond acceptors (Lipinski definition) is 14. The Hall–Kier alpha value is -5.64. The zero-order chi connectivity index (χ0) is 48.3. The Kier molecular flexibility index (Phi) is 20.8. The Morgan fingerprint density at radius 2 is 0.955 bits per heavy atom. The van der Waals surface area contributed by atoms with Gasteiger partial charge in [-0.1, -0.05) is 36.4 Å². The fourth-order valence-electron chi connectivity index (χ4n) is 7.94. The van der Waals surface area contributed by atoms with E-state index in [2.05, 4.69) is 33.7 Å². The predicted molar refractivity (Wildman–Crippen MR) is 233 cm³/mol. The van der Waals surface area contributed by atoms with Gasteiger partial charge in [-0.2, -0.15) is 22.7 Å². The van der Waals surface area contributed by atoms with Gasteiger partial charge in [-0.3, -0.25) is 19.3 Å². The van der Waals surface area contributed by atoms with Crippen molar-refractivity contribution in [1.82, 2.24) is 10.1 Å². The molecule has 2 aromatic heterocycles. The third kappa shape index (κ3) is 14.7. The molecular formula is C46H56F2N4O12S2. The third-order valence-corrected chi connectivity index (χ3v) is 13.0. The molecule has 2 aliphatic heterocycles. The zero-order valence-corrected chi connectivity index (χ0v) is 39.0. The second-order valence-corrected chi connectivity index (χ2v) is 17.3. The summed E-state index contributed by atoms with van der Waals surface area (Å²) in [7, 11) is 2.63. The van der Waals surface area contributed by atoms with Gasteiger partial charge in [0, 0.05) is 63.5 Å². The topological polar surface area (TPSA) is 201 Å². The molecule has 0 bridgehead atoms. The Morgan fingerprint density at radius 3 is 1.23 bits per heavy atom. The molecule has 16 nitrogen and oxygen atoms in total. The quantitative estimate of drug-likeness (QED) is 0.0897. The first-order valence-electron chi connectivity index (χ1n) is 21.2. The average Bonchev–Trinajstić information content (AvgIpc) is 4.05. The van der Waals surface area contributed by atoms with Crippen molar-refractivity contribution in [2.45, 2.75) is 76.7 Å². The molecule has 4 aromatic rings. The van der Waals surface area contributed by atoms with E-state index >= 15 is 0 Å². The number of aliphatic carboxylic acids is 2. The standard InChI is InChI=1S/2C22H27FN2O4S.C2H2O4/c2*1-17(26)25(29-15-19-5-3-4-6-20(19)23)22(21(27)28-2)9-12-24(13-10-22)11-7-18-8-14-30-16-18;3-1(4)2(5)6/h2*3-6,8,14,16H,7,9-13,15H2,1-2H3;(H,3,4)(H,5,6). The van der Waals surface area contributed by atoms with Crippen LogP contribution >= 0.6 is 22.7 Å². The van der Waals surface area contributed by atoms with Crippen LogP contribution in [0.15, 0.2) is 82.2 Å². The summed E-state index contributed by atoms with van der Waals surface area (Å²) in [5, 5.41) is 28.5. The summed E-state index contributed by atoms with van der Waals surface area (Å²) < 4.78 is 38.1. The van der Waals surface area contributed by atoms with Gasteiger partial charge in [0.2, 0.25) is 11.8 Å². The summed E-state index contributed by atoms with van der Waals surface area (Å²) in [5.41, 5.74) is 0.882. The van der Waals surface area contributed by atoms with Crippen molar-refractivity contribution in [3.05, 3.63) is 116 Å². The van der Waals surface area contributed by atoms with E-state index in [9.17, 15) is 28.0 Å². The van der Waals surface area contributed by atoms with Gasteiger partial charge >= 0.3 is 11.9 Å². The summed E-state index contributed by atoms with van der Waals surface area (Å²) in [6.07, 6.45) is 3.66. The summed E-state index contributed by atoms with van der Waals surface area (Å²) in [5.74, 6) is -7.00. The smallest absolute Gasteiger partial charge is 0.334 e. The number of hydrogen-bond donors (Lipinski definition) is 2. The van der Waals surface area contributed by atoms with Gasteiger partial charge < -0.3 is 39.1 Å². The van der Waals surface area contributed by atoms with Gasteiger partial charge in [0.05, 0.1) is 65.4 Å². The minimum atomic E-state index is -2.19. The molecule has 66 heavy (non-hydrogen) atoms. The molecule has 2 amide bonds. The van der Waals surface area contributed by atoms with Crippen LogP contribution in [0.2, 0.25) is 0 Å². The van der Waals surface area contributed by atoms with Crippen molar-refractivity contribution in [3.8, 4) is 0 Å². The number of rotatable bonds is 16. The lowest BCUT2D eigenvalue weighted by Gasteiger charge is -2.43. The number of quaternary nitrogens is 2. The number of halogens is 2. The van der Waals surface area contributed by atoms with Gasteiger partial charge in [0.25, 0.3) is 0 Å². The van der Waals surface area contributed by atoms with E-state index < -0.39 is 58.4 Å². The predicted octanol–water partition coefficient (Wildman–Crippen LogP) is 0.487. The number of carboxylic acid groups (broad SMARTS) is 2. The van der Waals surface area contributed by atoms with Crippen LogP contribution in [-0.4, -0.2) is 110 Å². The maximum atomic E-state index is 14.0. The first-order chi connectivity index (χ1) is 31.6. The van der Waals surface area contributed by atoms with Crippen LogP contribution < -0.4 is 20.0 Å². The molecule has 2 N–H and O–H groups in total. The minimum Gasteiger partial charge on any atom is -0.543 e. The van der Waals surface area contributed by atoms with E-state index in [-0.39, 0.29) is 13.2 Å². The van der Waals surface area contributed by atoms with Crippen LogP contribution in [0, 0.1) is 11.6 Å². The number of carboxylic acids is 2. The maximum absolute atomic E-state index is 14.0. The van der Waals surface area contributed by atoms with Crippen molar-refractivity contribution >= 4 is 58.4 Å². The average molecular weight is 959 g/mol. The van der Waals surface area contributed by atoms with Crippen molar-refractivity contribution in [2.75, 3.05) is 53.5 Å². The number of carbonyl (C=O) groups excluding carboxylic acids is 6. The number of amides is 2. The number of piperidine rings is 2. The van der Waals surface area contributed by atoms with Gasteiger partial charge in [0.15, 0.2) is 11.1 Å². The molecule has 0 saturated carbocycles. The highest BCUT2D eigenvalue weighted by Gasteiger charge is 2.53. The van der Waals surface area contributed by atoms with Gasteiger partial charge in [-0.15, -0.1) is 0 Å².